The molecule has 2 N–H and O–H groups in total. The molecule has 0 aliphatic rings. The minimum Gasteiger partial charge on any atom is -0.477 e. The minimum atomic E-state index is -1.55. The molecule has 0 atom stereocenters. The molecule has 0 bridgehead atoms. The Labute approximate surface area is 153 Å². The third kappa shape index (κ3) is 3.60. The van der Waals surface area contributed by atoms with Crippen molar-refractivity contribution in [2.24, 2.45) is 0 Å². The first-order valence-electron chi connectivity index (χ1n) is 6.56. The van der Waals surface area contributed by atoms with Crippen molar-refractivity contribution in [3.05, 3.63) is 61.7 Å². The molecule has 10 nitrogen and oxygen atoms in total. The lowest BCUT2D eigenvalue weighted by Crippen LogP contribution is -2.05. The van der Waals surface area contributed by atoms with E-state index >= 15 is 0 Å². The number of nitrogens with zero attached hydrogens (tertiary/aromatic N) is 2. The van der Waals surface area contributed by atoms with E-state index in [1.807, 2.05) is 0 Å². The molecule has 0 spiro atoms. The summed E-state index contributed by atoms with van der Waals surface area (Å²) in [6, 6.07) is 5.45. The Morgan fingerprint density at radius 3 is 1.96 bits per heavy atom. The van der Waals surface area contributed by atoms with Gasteiger partial charge in [-0.05, 0) is 35.4 Å². The van der Waals surface area contributed by atoms with Crippen molar-refractivity contribution in [1.82, 2.24) is 0 Å². The van der Waals surface area contributed by atoms with Crippen LogP contribution in [-0.4, -0.2) is 32.0 Å². The Kier molecular flexibility index (Phi) is 5.47. The van der Waals surface area contributed by atoms with Gasteiger partial charge in [-0.3, -0.25) is 20.2 Å². The predicted molar refractivity (Wildman–Crippen MR) is 93.9 cm³/mol. The monoisotopic (exact) mass is 396 g/mol. The number of benzene rings is 2. The molecular formula is C14H8N2O8S2. The van der Waals surface area contributed by atoms with Crippen LogP contribution >= 0.6 is 22.5 Å². The molecule has 0 amide bonds. The Bertz CT molecular complexity index is 960. The van der Waals surface area contributed by atoms with Gasteiger partial charge in [0.2, 0.25) is 0 Å². The van der Waals surface area contributed by atoms with Crippen molar-refractivity contribution in [2.75, 3.05) is 0 Å². The Morgan fingerprint density at radius 2 is 1.50 bits per heavy atom. The Balaban J connectivity index is 2.77. The summed E-state index contributed by atoms with van der Waals surface area (Å²) in [5.41, 5.74) is -2.20. The highest BCUT2D eigenvalue weighted by Gasteiger charge is 2.27. The molecule has 2 rings (SSSR count). The van der Waals surface area contributed by atoms with E-state index in [-0.39, 0.29) is 16.0 Å². The lowest BCUT2D eigenvalue weighted by atomic mass is 9.99. The lowest BCUT2D eigenvalue weighted by molar-refractivity contribution is -0.388. The third-order valence-electron chi connectivity index (χ3n) is 3.34. The zero-order valence-electron chi connectivity index (χ0n) is 12.5. The molecule has 0 aromatic heterocycles. The van der Waals surface area contributed by atoms with Gasteiger partial charge in [-0.25, -0.2) is 9.59 Å². The number of carboxylic acid groups (broad SMARTS) is 2. The van der Waals surface area contributed by atoms with Crippen LogP contribution in [0.5, 0.6) is 0 Å². The van der Waals surface area contributed by atoms with E-state index in [2.05, 4.69) is 11.7 Å². The fraction of sp³-hybridized carbons (Fsp3) is 0. The molecule has 0 aliphatic carbocycles. The van der Waals surface area contributed by atoms with Gasteiger partial charge in [0.05, 0.1) is 14.7 Å². The average Bonchev–Trinajstić information content (AvgIpc) is 2.59. The van der Waals surface area contributed by atoms with Crippen LogP contribution in [0.1, 0.15) is 20.7 Å². The summed E-state index contributed by atoms with van der Waals surface area (Å²) >= 11 is 3.88. The summed E-state index contributed by atoms with van der Waals surface area (Å²) in [7, 11) is 0.648. The van der Waals surface area contributed by atoms with Gasteiger partial charge in [-0.1, -0.05) is 10.8 Å². The summed E-state index contributed by atoms with van der Waals surface area (Å²) in [6.07, 6.45) is 0. The maximum absolute atomic E-state index is 11.4. The van der Waals surface area contributed by atoms with E-state index in [0.717, 1.165) is 18.2 Å². The molecular weight excluding hydrogens is 388 g/mol. The van der Waals surface area contributed by atoms with Gasteiger partial charge in [-0.2, -0.15) is 0 Å². The second-order valence-corrected chi connectivity index (χ2v) is 5.99. The fourth-order valence-corrected chi connectivity index (χ4v) is 3.11. The molecule has 134 valence electrons. The van der Waals surface area contributed by atoms with Crippen LogP contribution in [0.3, 0.4) is 0 Å². The van der Waals surface area contributed by atoms with Gasteiger partial charge in [0.25, 0.3) is 11.4 Å². The number of hydrogen-bond donors (Lipinski definition) is 3. The second-order valence-electron chi connectivity index (χ2n) is 4.82. The zero-order chi connectivity index (χ0) is 19.6. The van der Waals surface area contributed by atoms with Gasteiger partial charge in [0.15, 0.2) is 0 Å². The number of nitro groups is 2. The molecule has 26 heavy (non-hydrogen) atoms. The average molecular weight is 396 g/mol. The van der Waals surface area contributed by atoms with Crippen LogP contribution in [0.15, 0.2) is 35.2 Å². The first kappa shape index (κ1) is 19.2. The van der Waals surface area contributed by atoms with Gasteiger partial charge in [0, 0.05) is 6.07 Å². The SMILES string of the molecule is O=C(O)c1cc(-c2cc(SS)c([N+](=O)[O-])c(C(=O)O)c2)ccc1[N+](=O)[O-]. The highest BCUT2D eigenvalue weighted by molar-refractivity contribution is 8.68. The van der Waals surface area contributed by atoms with E-state index in [1.165, 1.54) is 12.1 Å². The fourth-order valence-electron chi connectivity index (χ4n) is 2.24. The van der Waals surface area contributed by atoms with Gasteiger partial charge < -0.3 is 10.2 Å². The summed E-state index contributed by atoms with van der Waals surface area (Å²) in [6.45, 7) is 0. The molecule has 0 radical (unpaired) electrons. The minimum absolute atomic E-state index is 0.0662. The first-order chi connectivity index (χ1) is 12.2. The number of hydrogen-bond acceptors (Lipinski definition) is 8. The summed E-state index contributed by atoms with van der Waals surface area (Å²) in [4.78, 5) is 42.9. The molecule has 2 aromatic rings. The van der Waals surface area contributed by atoms with E-state index in [9.17, 15) is 34.9 Å². The van der Waals surface area contributed by atoms with Gasteiger partial charge >= 0.3 is 11.9 Å². The normalized spacial score (nSPS) is 10.3. The number of aromatic carboxylic acids is 2. The Hall–Kier alpha value is -3.12. The zero-order valence-corrected chi connectivity index (χ0v) is 14.2. The van der Waals surface area contributed by atoms with Crippen molar-refractivity contribution in [3.8, 4) is 11.1 Å². The highest BCUT2D eigenvalue weighted by atomic mass is 33.1. The summed E-state index contributed by atoms with van der Waals surface area (Å²) in [5.74, 6) is -3.09. The van der Waals surface area contributed by atoms with Crippen molar-refractivity contribution in [3.63, 3.8) is 0 Å². The number of rotatable bonds is 6. The van der Waals surface area contributed by atoms with Crippen molar-refractivity contribution in [2.45, 2.75) is 4.90 Å². The lowest BCUT2D eigenvalue weighted by Gasteiger charge is -2.09. The van der Waals surface area contributed by atoms with Crippen LogP contribution in [-0.2, 0) is 0 Å². The van der Waals surface area contributed by atoms with Crippen molar-refractivity contribution < 1.29 is 29.6 Å². The number of carboxylic acids is 2. The molecule has 0 saturated carbocycles. The summed E-state index contributed by atoms with van der Waals surface area (Å²) in [5, 5.41) is 40.5. The third-order valence-corrected chi connectivity index (χ3v) is 4.44. The van der Waals surface area contributed by atoms with Gasteiger partial charge in [-0.15, -0.1) is 11.7 Å². The number of thiol groups is 1. The van der Waals surface area contributed by atoms with Crippen LogP contribution < -0.4 is 0 Å². The van der Waals surface area contributed by atoms with Gasteiger partial charge in [0.1, 0.15) is 11.1 Å². The maximum Gasteiger partial charge on any atom is 0.342 e. The van der Waals surface area contributed by atoms with E-state index in [4.69, 9.17) is 5.11 Å². The van der Waals surface area contributed by atoms with E-state index < -0.39 is 44.3 Å². The molecule has 0 unspecified atom stereocenters. The van der Waals surface area contributed by atoms with E-state index in [0.29, 0.717) is 10.8 Å². The van der Waals surface area contributed by atoms with Crippen LogP contribution in [0.4, 0.5) is 11.4 Å². The maximum atomic E-state index is 11.4. The smallest absolute Gasteiger partial charge is 0.342 e. The standard InChI is InChI=1S/C14H8N2O8S2/c17-13(18)8-3-6(1-2-10(8)15(21)22)7-4-9(14(19)20)12(16(23)24)11(5-7)26-25/h1-5,25H,(H,17,18)(H,19,20). The molecule has 0 heterocycles. The number of carbonyl (C=O) groups is 2. The molecule has 0 saturated heterocycles. The van der Waals surface area contributed by atoms with Crippen molar-refractivity contribution >= 4 is 45.8 Å². The molecule has 12 heteroatoms. The topological polar surface area (TPSA) is 161 Å². The second kappa shape index (κ2) is 7.41. The first-order valence-corrected chi connectivity index (χ1v) is 8.43. The van der Waals surface area contributed by atoms with Crippen LogP contribution in [0, 0.1) is 20.2 Å². The van der Waals surface area contributed by atoms with E-state index in [1.54, 1.807) is 0 Å². The largest absolute Gasteiger partial charge is 0.477 e. The van der Waals surface area contributed by atoms with Crippen LogP contribution in [0.2, 0.25) is 0 Å². The Morgan fingerprint density at radius 1 is 0.923 bits per heavy atom. The molecule has 0 fully saturated rings. The summed E-state index contributed by atoms with van der Waals surface area (Å²) < 4.78 is 0. The van der Waals surface area contributed by atoms with Crippen molar-refractivity contribution in [1.29, 1.82) is 0 Å². The quantitative estimate of drug-likeness (QED) is 0.287. The number of nitro benzene ring substituents is 2. The predicted octanol–water partition coefficient (Wildman–Crippen LogP) is 3.50. The molecule has 2 aromatic carbocycles. The molecule has 0 aliphatic heterocycles. The van der Waals surface area contributed by atoms with Crippen LogP contribution in [0.25, 0.3) is 11.1 Å². The highest BCUT2D eigenvalue weighted by Crippen LogP contribution is 2.39.